The number of aryl methyl sites for hydroxylation is 1. The van der Waals surface area contributed by atoms with Gasteiger partial charge in [-0.05, 0) is 24.6 Å². The lowest BCUT2D eigenvalue weighted by molar-refractivity contribution is -0.385. The van der Waals surface area contributed by atoms with Crippen molar-refractivity contribution in [1.29, 1.82) is 0 Å². The minimum absolute atomic E-state index is 0.226. The Morgan fingerprint density at radius 3 is 2.69 bits per heavy atom. The first-order valence-corrected chi connectivity index (χ1v) is 8.40. The lowest BCUT2D eigenvalue weighted by Crippen LogP contribution is -2.14. The summed E-state index contributed by atoms with van der Waals surface area (Å²) in [4.78, 5) is 23.0. The maximum absolute atomic E-state index is 12.4. The number of nitrogens with one attached hydrogen (secondary N) is 1. The monoisotopic (exact) mass is 418 g/mol. The normalized spacial score (nSPS) is 10.7. The van der Waals surface area contributed by atoms with Crippen LogP contribution in [-0.4, -0.2) is 30.4 Å². The molecule has 10 heteroatoms. The molecule has 0 unspecified atom stereocenters. The standard InChI is InChI=1S/C16H15BrN6O3/c1-10-15(23(25)26)14(20-21(10)2)16(24)19-13-7-18-22(9-13)8-11-3-5-12(17)6-4-11/h3-7,9H,8H2,1-2H3,(H,19,24). The van der Waals surface area contributed by atoms with Gasteiger partial charge in [-0.3, -0.25) is 24.3 Å². The van der Waals surface area contributed by atoms with Crippen molar-refractivity contribution in [2.45, 2.75) is 13.5 Å². The fourth-order valence-electron chi connectivity index (χ4n) is 2.45. The van der Waals surface area contributed by atoms with Crippen LogP contribution in [0, 0.1) is 17.0 Å². The average Bonchev–Trinajstić information content (AvgIpc) is 3.14. The van der Waals surface area contributed by atoms with Crippen LogP contribution in [-0.2, 0) is 13.6 Å². The second-order valence-electron chi connectivity index (χ2n) is 5.67. The molecule has 0 saturated carbocycles. The van der Waals surface area contributed by atoms with E-state index in [9.17, 15) is 14.9 Å². The summed E-state index contributed by atoms with van der Waals surface area (Å²) < 4.78 is 3.96. The van der Waals surface area contributed by atoms with Crippen LogP contribution in [0.15, 0.2) is 41.1 Å². The van der Waals surface area contributed by atoms with Crippen LogP contribution in [0.3, 0.4) is 0 Å². The molecule has 0 aliphatic heterocycles. The number of aromatic nitrogens is 4. The molecule has 3 aromatic rings. The fraction of sp³-hybridized carbons (Fsp3) is 0.188. The van der Waals surface area contributed by atoms with Crippen LogP contribution in [0.4, 0.5) is 11.4 Å². The van der Waals surface area contributed by atoms with Gasteiger partial charge in [0, 0.05) is 17.7 Å². The van der Waals surface area contributed by atoms with E-state index in [1.165, 1.54) is 17.8 Å². The molecule has 2 heterocycles. The van der Waals surface area contributed by atoms with E-state index in [1.54, 1.807) is 17.9 Å². The van der Waals surface area contributed by atoms with Gasteiger partial charge in [0.15, 0.2) is 0 Å². The zero-order chi connectivity index (χ0) is 18.8. The molecule has 1 amide bonds. The third kappa shape index (κ3) is 3.64. The third-order valence-corrected chi connectivity index (χ3v) is 4.38. The van der Waals surface area contributed by atoms with Crippen LogP contribution >= 0.6 is 15.9 Å². The van der Waals surface area contributed by atoms with Gasteiger partial charge in [0.25, 0.3) is 5.91 Å². The molecule has 0 spiro atoms. The van der Waals surface area contributed by atoms with E-state index in [-0.39, 0.29) is 11.4 Å². The Bertz CT molecular complexity index is 977. The van der Waals surface area contributed by atoms with Crippen molar-refractivity contribution in [2.75, 3.05) is 5.32 Å². The van der Waals surface area contributed by atoms with Gasteiger partial charge in [0.05, 0.1) is 23.4 Å². The molecule has 0 atom stereocenters. The molecule has 0 fully saturated rings. The zero-order valence-corrected chi connectivity index (χ0v) is 15.6. The Hall–Kier alpha value is -3.01. The number of rotatable bonds is 5. The topological polar surface area (TPSA) is 108 Å². The van der Waals surface area contributed by atoms with Gasteiger partial charge >= 0.3 is 5.69 Å². The van der Waals surface area contributed by atoms with Crippen LogP contribution < -0.4 is 5.32 Å². The SMILES string of the molecule is Cc1c([N+](=O)[O-])c(C(=O)Nc2cnn(Cc3ccc(Br)cc3)c2)nn1C. The lowest BCUT2D eigenvalue weighted by atomic mass is 10.2. The van der Waals surface area contributed by atoms with Gasteiger partial charge < -0.3 is 5.32 Å². The molecule has 0 radical (unpaired) electrons. The number of carbonyl (C=O) groups is 1. The van der Waals surface area contributed by atoms with Crippen molar-refractivity contribution in [1.82, 2.24) is 19.6 Å². The molecule has 26 heavy (non-hydrogen) atoms. The first-order valence-electron chi connectivity index (χ1n) is 7.61. The van der Waals surface area contributed by atoms with Crippen LogP contribution in [0.2, 0.25) is 0 Å². The fourth-order valence-corrected chi connectivity index (χ4v) is 2.71. The second kappa shape index (κ2) is 7.08. The number of amides is 1. The zero-order valence-electron chi connectivity index (χ0n) is 14.0. The third-order valence-electron chi connectivity index (χ3n) is 3.85. The Morgan fingerprint density at radius 1 is 1.35 bits per heavy atom. The summed E-state index contributed by atoms with van der Waals surface area (Å²) in [7, 11) is 1.55. The number of anilines is 1. The first-order chi connectivity index (χ1) is 12.3. The maximum Gasteiger partial charge on any atom is 0.322 e. The molecule has 0 aliphatic rings. The largest absolute Gasteiger partial charge is 0.322 e. The van der Waals surface area contributed by atoms with E-state index >= 15 is 0 Å². The summed E-state index contributed by atoms with van der Waals surface area (Å²) in [5, 5.41) is 21.9. The quantitative estimate of drug-likeness (QED) is 0.506. The highest BCUT2D eigenvalue weighted by Gasteiger charge is 2.29. The van der Waals surface area contributed by atoms with Gasteiger partial charge in [0.2, 0.25) is 5.69 Å². The van der Waals surface area contributed by atoms with Crippen LogP contribution in [0.5, 0.6) is 0 Å². The van der Waals surface area contributed by atoms with E-state index in [2.05, 4.69) is 31.4 Å². The molecule has 2 aromatic heterocycles. The Kier molecular flexibility index (Phi) is 4.85. The van der Waals surface area contributed by atoms with Crippen molar-refractivity contribution in [3.05, 3.63) is 68.2 Å². The van der Waals surface area contributed by atoms with E-state index in [1.807, 2.05) is 24.3 Å². The number of nitro groups is 1. The molecule has 1 N–H and O–H groups in total. The molecule has 0 aliphatic carbocycles. The van der Waals surface area contributed by atoms with Gasteiger partial charge in [-0.25, -0.2) is 0 Å². The molecule has 0 bridgehead atoms. The van der Waals surface area contributed by atoms with Crippen LogP contribution in [0.25, 0.3) is 0 Å². The summed E-state index contributed by atoms with van der Waals surface area (Å²) in [6.07, 6.45) is 3.14. The summed E-state index contributed by atoms with van der Waals surface area (Å²) in [6, 6.07) is 7.79. The van der Waals surface area contributed by atoms with Crippen molar-refractivity contribution in [3.63, 3.8) is 0 Å². The number of hydrogen-bond donors (Lipinski definition) is 1. The van der Waals surface area contributed by atoms with Gasteiger partial charge in [-0.1, -0.05) is 28.1 Å². The van der Waals surface area contributed by atoms with E-state index in [4.69, 9.17) is 0 Å². The minimum Gasteiger partial charge on any atom is -0.318 e. The predicted octanol–water partition coefficient (Wildman–Crippen LogP) is 2.90. The molecular formula is C16H15BrN6O3. The lowest BCUT2D eigenvalue weighted by Gasteiger charge is -2.02. The Balaban J connectivity index is 1.75. The van der Waals surface area contributed by atoms with Gasteiger partial charge in [0.1, 0.15) is 5.69 Å². The average molecular weight is 419 g/mol. The summed E-state index contributed by atoms with van der Waals surface area (Å²) in [5.41, 5.74) is 1.27. The summed E-state index contributed by atoms with van der Waals surface area (Å²) >= 11 is 3.38. The number of carbonyl (C=O) groups excluding carboxylic acids is 1. The summed E-state index contributed by atoms with van der Waals surface area (Å²) in [5.74, 6) is -0.649. The first kappa shape index (κ1) is 17.8. The highest BCUT2D eigenvalue weighted by Crippen LogP contribution is 2.23. The van der Waals surface area contributed by atoms with Crippen LogP contribution in [0.1, 0.15) is 21.7 Å². The van der Waals surface area contributed by atoms with Gasteiger partial charge in [-0.15, -0.1) is 0 Å². The maximum atomic E-state index is 12.4. The highest BCUT2D eigenvalue weighted by molar-refractivity contribution is 9.10. The molecule has 9 nitrogen and oxygen atoms in total. The van der Waals surface area contributed by atoms with E-state index in [0.29, 0.717) is 17.9 Å². The van der Waals surface area contributed by atoms with E-state index < -0.39 is 10.8 Å². The predicted molar refractivity (Wildman–Crippen MR) is 98.0 cm³/mol. The van der Waals surface area contributed by atoms with Crippen molar-refractivity contribution >= 4 is 33.2 Å². The molecule has 134 valence electrons. The number of nitrogens with zero attached hydrogens (tertiary/aromatic N) is 5. The smallest absolute Gasteiger partial charge is 0.318 e. The van der Waals surface area contributed by atoms with Crippen molar-refractivity contribution in [3.8, 4) is 0 Å². The molecule has 3 rings (SSSR count). The number of hydrogen-bond acceptors (Lipinski definition) is 5. The second-order valence-corrected chi connectivity index (χ2v) is 6.59. The van der Waals surface area contributed by atoms with Gasteiger partial charge in [-0.2, -0.15) is 10.2 Å². The molecule has 1 aromatic carbocycles. The van der Waals surface area contributed by atoms with E-state index in [0.717, 1.165) is 10.0 Å². The van der Waals surface area contributed by atoms with Crippen molar-refractivity contribution < 1.29 is 9.72 Å². The Labute approximate surface area is 156 Å². The molecule has 0 saturated heterocycles. The van der Waals surface area contributed by atoms with Crippen molar-refractivity contribution in [2.24, 2.45) is 7.05 Å². The minimum atomic E-state index is -0.649. The highest BCUT2D eigenvalue weighted by atomic mass is 79.9. The summed E-state index contributed by atoms with van der Waals surface area (Å²) in [6.45, 7) is 2.07. The Morgan fingerprint density at radius 2 is 2.04 bits per heavy atom. The number of halogens is 1. The number of benzene rings is 1. The molecular weight excluding hydrogens is 404 g/mol.